The summed E-state index contributed by atoms with van der Waals surface area (Å²) in [6, 6.07) is 6.11. The van der Waals surface area contributed by atoms with E-state index in [1.165, 1.54) is 4.90 Å². The van der Waals surface area contributed by atoms with Crippen LogP contribution in [0.5, 0.6) is 5.75 Å². The Hall–Kier alpha value is -1.75. The minimum Gasteiger partial charge on any atom is -0.481 e. The van der Waals surface area contributed by atoms with Gasteiger partial charge in [-0.2, -0.15) is 0 Å². The molecule has 23 heavy (non-hydrogen) atoms. The number of benzene rings is 1. The minimum absolute atomic E-state index is 0.0785. The summed E-state index contributed by atoms with van der Waals surface area (Å²) in [5.41, 5.74) is 0. The molecule has 3 rings (SSSR count). The van der Waals surface area contributed by atoms with Gasteiger partial charge in [0.25, 0.3) is 5.91 Å². The topological polar surface area (TPSA) is 66.8 Å². The van der Waals surface area contributed by atoms with Gasteiger partial charge in [-0.15, -0.1) is 0 Å². The van der Waals surface area contributed by atoms with E-state index in [9.17, 15) is 14.7 Å². The standard InChI is InChI=1S/C17H20ClNO4/c1-10(23-13-6-3-5-12(18)8-13)16(20)19-9-11-4-2-7-14(11)15(19)17(21)22/h3,5-6,8,10-11,14-15H,2,4,7,9H2,1H3,(H,21,22). The van der Waals surface area contributed by atoms with Crippen molar-refractivity contribution in [1.82, 2.24) is 4.90 Å². The van der Waals surface area contributed by atoms with Crippen LogP contribution in [0.15, 0.2) is 24.3 Å². The zero-order valence-electron chi connectivity index (χ0n) is 12.9. The smallest absolute Gasteiger partial charge is 0.326 e. The van der Waals surface area contributed by atoms with Crippen LogP contribution in [0.2, 0.25) is 5.02 Å². The van der Waals surface area contributed by atoms with E-state index < -0.39 is 18.1 Å². The van der Waals surface area contributed by atoms with Gasteiger partial charge in [0.15, 0.2) is 6.10 Å². The molecule has 1 amide bonds. The molecule has 2 aliphatic rings. The van der Waals surface area contributed by atoms with Crippen molar-refractivity contribution in [2.75, 3.05) is 6.54 Å². The van der Waals surface area contributed by atoms with E-state index in [4.69, 9.17) is 16.3 Å². The fourth-order valence-electron chi connectivity index (χ4n) is 3.88. The molecular formula is C17H20ClNO4. The van der Waals surface area contributed by atoms with Gasteiger partial charge in [-0.1, -0.05) is 24.1 Å². The maximum Gasteiger partial charge on any atom is 0.326 e. The lowest BCUT2D eigenvalue weighted by molar-refractivity contribution is -0.152. The van der Waals surface area contributed by atoms with Gasteiger partial charge in [0.05, 0.1) is 0 Å². The summed E-state index contributed by atoms with van der Waals surface area (Å²) >= 11 is 5.91. The van der Waals surface area contributed by atoms with Crippen LogP contribution in [-0.4, -0.2) is 40.6 Å². The summed E-state index contributed by atoms with van der Waals surface area (Å²) in [5, 5.41) is 10.1. The molecule has 0 bridgehead atoms. The highest BCUT2D eigenvalue weighted by Crippen LogP contribution is 2.42. The lowest BCUT2D eigenvalue weighted by atomic mass is 9.94. The van der Waals surface area contributed by atoms with Crippen molar-refractivity contribution in [3.8, 4) is 5.75 Å². The molecule has 1 saturated carbocycles. The van der Waals surface area contributed by atoms with E-state index in [2.05, 4.69) is 0 Å². The summed E-state index contributed by atoms with van der Waals surface area (Å²) < 4.78 is 5.65. The number of nitrogens with zero attached hydrogens (tertiary/aromatic N) is 1. The number of halogens is 1. The number of rotatable bonds is 4. The highest BCUT2D eigenvalue weighted by Gasteiger charge is 2.50. The van der Waals surface area contributed by atoms with Crippen molar-refractivity contribution in [2.24, 2.45) is 11.8 Å². The molecule has 1 heterocycles. The Labute approximate surface area is 140 Å². The highest BCUT2D eigenvalue weighted by molar-refractivity contribution is 6.30. The molecule has 124 valence electrons. The van der Waals surface area contributed by atoms with E-state index in [1.807, 2.05) is 0 Å². The number of hydrogen-bond donors (Lipinski definition) is 1. The Morgan fingerprint density at radius 1 is 1.39 bits per heavy atom. The quantitative estimate of drug-likeness (QED) is 0.917. The van der Waals surface area contributed by atoms with Crippen molar-refractivity contribution >= 4 is 23.5 Å². The van der Waals surface area contributed by atoms with Crippen LogP contribution in [0, 0.1) is 11.8 Å². The predicted octanol–water partition coefficient (Wildman–Crippen LogP) is 2.82. The second-order valence-electron chi connectivity index (χ2n) is 6.35. The van der Waals surface area contributed by atoms with E-state index in [0.29, 0.717) is 23.2 Å². The highest BCUT2D eigenvalue weighted by atomic mass is 35.5. The molecule has 0 radical (unpaired) electrons. The Kier molecular flexibility index (Phi) is 4.48. The lowest BCUT2D eigenvalue weighted by Crippen LogP contribution is -2.48. The first-order valence-electron chi connectivity index (χ1n) is 7.93. The number of hydrogen-bond acceptors (Lipinski definition) is 3. The Bertz CT molecular complexity index is 620. The van der Waals surface area contributed by atoms with E-state index >= 15 is 0 Å². The first-order chi connectivity index (χ1) is 11.0. The summed E-state index contributed by atoms with van der Waals surface area (Å²) in [5.74, 6) is -0.299. The molecule has 1 aliphatic heterocycles. The van der Waals surface area contributed by atoms with Crippen molar-refractivity contribution in [3.63, 3.8) is 0 Å². The minimum atomic E-state index is -0.914. The number of carbonyl (C=O) groups excluding carboxylic acids is 1. The second kappa shape index (κ2) is 6.40. The average molecular weight is 338 g/mol. The SMILES string of the molecule is CC(Oc1cccc(Cl)c1)C(=O)N1CC2CCCC2C1C(=O)O. The number of carboxylic acid groups (broad SMARTS) is 1. The number of ether oxygens (including phenoxy) is 1. The van der Waals surface area contributed by atoms with Crippen molar-refractivity contribution in [1.29, 1.82) is 0 Å². The maximum absolute atomic E-state index is 12.7. The molecule has 2 fully saturated rings. The third-order valence-corrected chi connectivity index (χ3v) is 5.12. The third kappa shape index (κ3) is 3.15. The van der Waals surface area contributed by atoms with Crippen molar-refractivity contribution in [3.05, 3.63) is 29.3 Å². The fraction of sp³-hybridized carbons (Fsp3) is 0.529. The van der Waals surface area contributed by atoms with Gasteiger partial charge in [0.1, 0.15) is 11.8 Å². The van der Waals surface area contributed by atoms with Gasteiger partial charge in [0, 0.05) is 11.6 Å². The Morgan fingerprint density at radius 3 is 2.87 bits per heavy atom. The van der Waals surface area contributed by atoms with Gasteiger partial charge < -0.3 is 14.7 Å². The normalized spacial score (nSPS) is 27.6. The van der Waals surface area contributed by atoms with Gasteiger partial charge >= 0.3 is 5.97 Å². The molecule has 4 unspecified atom stereocenters. The zero-order chi connectivity index (χ0) is 16.6. The van der Waals surface area contributed by atoms with Crippen LogP contribution in [0.3, 0.4) is 0 Å². The van der Waals surface area contributed by atoms with Crippen LogP contribution in [-0.2, 0) is 9.59 Å². The van der Waals surface area contributed by atoms with Crippen molar-refractivity contribution in [2.45, 2.75) is 38.3 Å². The number of carboxylic acids is 1. The van der Waals surface area contributed by atoms with E-state index in [-0.39, 0.29) is 11.8 Å². The summed E-state index contributed by atoms with van der Waals surface area (Å²) in [4.78, 5) is 25.8. The van der Waals surface area contributed by atoms with Gasteiger partial charge in [-0.25, -0.2) is 4.79 Å². The molecule has 1 aromatic carbocycles. The number of carbonyl (C=O) groups is 2. The van der Waals surface area contributed by atoms with Crippen LogP contribution in [0.4, 0.5) is 0 Å². The van der Waals surface area contributed by atoms with E-state index in [0.717, 1.165) is 19.3 Å². The Morgan fingerprint density at radius 2 is 2.17 bits per heavy atom. The fourth-order valence-corrected chi connectivity index (χ4v) is 4.06. The number of fused-ring (bicyclic) bond motifs is 1. The van der Waals surface area contributed by atoms with Gasteiger partial charge in [0.2, 0.25) is 0 Å². The molecule has 0 aromatic heterocycles. The van der Waals surface area contributed by atoms with Gasteiger partial charge in [-0.05, 0) is 49.8 Å². The van der Waals surface area contributed by atoms with Gasteiger partial charge in [-0.3, -0.25) is 4.79 Å². The van der Waals surface area contributed by atoms with Crippen LogP contribution >= 0.6 is 11.6 Å². The van der Waals surface area contributed by atoms with Crippen LogP contribution < -0.4 is 4.74 Å². The third-order valence-electron chi connectivity index (χ3n) is 4.88. The van der Waals surface area contributed by atoms with Crippen LogP contribution in [0.25, 0.3) is 0 Å². The molecule has 4 atom stereocenters. The predicted molar refractivity (Wildman–Crippen MR) is 85.5 cm³/mol. The zero-order valence-corrected chi connectivity index (χ0v) is 13.7. The number of amides is 1. The molecule has 5 nitrogen and oxygen atoms in total. The first-order valence-corrected chi connectivity index (χ1v) is 8.30. The van der Waals surface area contributed by atoms with Crippen molar-refractivity contribution < 1.29 is 19.4 Å². The molecule has 1 aromatic rings. The van der Waals surface area contributed by atoms with Crippen LogP contribution in [0.1, 0.15) is 26.2 Å². The largest absolute Gasteiger partial charge is 0.481 e. The van der Waals surface area contributed by atoms with E-state index in [1.54, 1.807) is 31.2 Å². The molecular weight excluding hydrogens is 318 g/mol. The monoisotopic (exact) mass is 337 g/mol. The lowest BCUT2D eigenvalue weighted by Gasteiger charge is -2.27. The molecule has 0 spiro atoms. The molecule has 1 aliphatic carbocycles. The average Bonchev–Trinajstić information content (AvgIpc) is 3.06. The molecule has 1 N–H and O–H groups in total. The maximum atomic E-state index is 12.7. The summed E-state index contributed by atoms with van der Waals surface area (Å²) in [6.45, 7) is 2.17. The number of likely N-dealkylation sites (tertiary alicyclic amines) is 1. The second-order valence-corrected chi connectivity index (χ2v) is 6.78. The summed E-state index contributed by atoms with van der Waals surface area (Å²) in [7, 11) is 0. The first kappa shape index (κ1) is 16.1. The molecule has 6 heteroatoms. The number of aliphatic carboxylic acids is 1. The Balaban J connectivity index is 1.72. The summed E-state index contributed by atoms with van der Waals surface area (Å²) in [6.07, 6.45) is 2.20. The molecule has 1 saturated heterocycles.